The molecule has 1 saturated heterocycles. The molecule has 3 heterocycles. The number of aryl methyl sites for hydroxylation is 2. The number of nitrogens with zero attached hydrogens (tertiary/aromatic N) is 3. The highest BCUT2D eigenvalue weighted by molar-refractivity contribution is 7.16. The minimum atomic E-state index is -0.268. The van der Waals surface area contributed by atoms with Gasteiger partial charge >= 0.3 is 0 Å². The second kappa shape index (κ2) is 10.3. The van der Waals surface area contributed by atoms with Crippen LogP contribution in [0.3, 0.4) is 0 Å². The summed E-state index contributed by atoms with van der Waals surface area (Å²) in [6.45, 7) is 4.87. The summed E-state index contributed by atoms with van der Waals surface area (Å²) in [6, 6.07) is 15.7. The van der Waals surface area contributed by atoms with Gasteiger partial charge in [-0.15, -0.1) is 23.7 Å². The molecule has 180 valence electrons. The first kappa shape index (κ1) is 24.5. The van der Waals surface area contributed by atoms with Crippen LogP contribution in [-0.4, -0.2) is 55.5 Å². The molecule has 5 rings (SSSR count). The number of piperazine rings is 1. The van der Waals surface area contributed by atoms with Gasteiger partial charge in [-0.3, -0.25) is 4.90 Å². The van der Waals surface area contributed by atoms with Gasteiger partial charge in [0.2, 0.25) is 0 Å². The van der Waals surface area contributed by atoms with E-state index in [1.165, 1.54) is 22.6 Å². The molecule has 1 N–H and O–H groups in total. The van der Waals surface area contributed by atoms with Gasteiger partial charge < -0.3 is 15.0 Å². The van der Waals surface area contributed by atoms with E-state index in [0.717, 1.165) is 60.3 Å². The average Bonchev–Trinajstić information content (AvgIpc) is 3.11. The smallest absolute Gasteiger partial charge is 0.139 e. The second-order valence-corrected chi connectivity index (χ2v) is 10.0. The van der Waals surface area contributed by atoms with Crippen LogP contribution in [0.5, 0.6) is 5.75 Å². The fourth-order valence-corrected chi connectivity index (χ4v) is 5.51. The molecule has 0 radical (unpaired) electrons. The first-order valence-corrected chi connectivity index (χ1v) is 12.2. The molecule has 0 unspecified atom stereocenters. The molecule has 2 aliphatic rings. The fraction of sp³-hybridized carbons (Fsp3) is 0.346. The van der Waals surface area contributed by atoms with Crippen LogP contribution in [0.1, 0.15) is 22.4 Å². The lowest BCUT2D eigenvalue weighted by atomic mass is 10.0. The highest BCUT2D eigenvalue weighted by atomic mass is 35.5. The first-order valence-electron chi connectivity index (χ1n) is 11.3. The Labute approximate surface area is 210 Å². The number of benzene rings is 2. The Bertz CT molecular complexity index is 1180. The van der Waals surface area contributed by atoms with Crippen LogP contribution in [-0.2, 0) is 6.42 Å². The van der Waals surface area contributed by atoms with Crippen molar-refractivity contribution in [2.75, 3.05) is 39.1 Å². The van der Waals surface area contributed by atoms with Crippen molar-refractivity contribution in [2.24, 2.45) is 4.99 Å². The monoisotopic (exact) mass is 500 g/mol. The van der Waals surface area contributed by atoms with Crippen LogP contribution in [0.4, 0.5) is 20.8 Å². The van der Waals surface area contributed by atoms with Gasteiger partial charge in [-0.05, 0) is 62.7 Å². The van der Waals surface area contributed by atoms with Crippen LogP contribution in [0, 0.1) is 12.7 Å². The number of ether oxygens (including phenoxy) is 1. The zero-order valence-electron chi connectivity index (χ0n) is 19.7. The van der Waals surface area contributed by atoms with Gasteiger partial charge in [0, 0.05) is 36.6 Å². The summed E-state index contributed by atoms with van der Waals surface area (Å²) in [5.41, 5.74) is 3.92. The minimum absolute atomic E-state index is 0. The lowest BCUT2D eigenvalue weighted by Crippen LogP contribution is -2.53. The summed E-state index contributed by atoms with van der Waals surface area (Å²) in [6.07, 6.45) is 2.07. The predicted octanol–water partition coefficient (Wildman–Crippen LogP) is 6.01. The molecule has 2 aromatic carbocycles. The summed E-state index contributed by atoms with van der Waals surface area (Å²) in [4.78, 5) is 11.0. The summed E-state index contributed by atoms with van der Waals surface area (Å²) in [5.74, 6) is 1.56. The predicted molar refractivity (Wildman–Crippen MR) is 141 cm³/mol. The Morgan fingerprint density at radius 3 is 2.71 bits per heavy atom. The molecule has 0 aliphatic carbocycles. The van der Waals surface area contributed by atoms with E-state index in [1.54, 1.807) is 24.5 Å². The lowest BCUT2D eigenvalue weighted by molar-refractivity contribution is 0.134. The quantitative estimate of drug-likeness (QED) is 0.476. The molecule has 5 nitrogen and oxygen atoms in total. The number of anilines is 2. The normalized spacial score (nSPS) is 17.6. The van der Waals surface area contributed by atoms with Crippen LogP contribution in [0.15, 0.2) is 53.5 Å². The van der Waals surface area contributed by atoms with E-state index in [9.17, 15) is 4.39 Å². The number of hydrogen-bond acceptors (Lipinski definition) is 6. The molecule has 8 heteroatoms. The van der Waals surface area contributed by atoms with E-state index in [-0.39, 0.29) is 18.2 Å². The van der Waals surface area contributed by atoms with Crippen LogP contribution < -0.4 is 10.1 Å². The van der Waals surface area contributed by atoms with Crippen LogP contribution in [0.2, 0.25) is 0 Å². The van der Waals surface area contributed by atoms with Gasteiger partial charge in [0.25, 0.3) is 0 Å². The first-order chi connectivity index (χ1) is 16.0. The Kier molecular flexibility index (Phi) is 7.45. The number of fused-ring (bicyclic) bond motifs is 2. The number of likely N-dealkylation sites (N-methyl/N-ethyl adjacent to an activating group) is 1. The standard InChI is InChI=1S/C26H29FN4OS.ClH/c1-17-14-22-25(28-24-15-19(27)7-11-23(24)29-26(22)33-17)31-13-12-30(2)20(16-31)8-4-18-5-9-21(32-3)10-6-18;/h5-7,9-11,14-15,20,29H,4,8,12-13,16H2,1-3H3;1H/t20-;/m0./s1. The molecule has 0 amide bonds. The Hall–Kier alpha value is -2.61. The summed E-state index contributed by atoms with van der Waals surface area (Å²) >= 11 is 1.72. The third kappa shape index (κ3) is 5.06. The maximum atomic E-state index is 14.0. The molecule has 1 atom stereocenters. The zero-order valence-corrected chi connectivity index (χ0v) is 21.3. The number of halogens is 2. The fourth-order valence-electron chi connectivity index (χ4n) is 4.59. The van der Waals surface area contributed by atoms with E-state index in [4.69, 9.17) is 9.73 Å². The highest BCUT2D eigenvalue weighted by Crippen LogP contribution is 2.39. The molecule has 34 heavy (non-hydrogen) atoms. The van der Waals surface area contributed by atoms with E-state index >= 15 is 0 Å². The van der Waals surface area contributed by atoms with Crippen molar-refractivity contribution in [2.45, 2.75) is 25.8 Å². The molecule has 0 bridgehead atoms. The molecule has 1 aromatic heterocycles. The van der Waals surface area contributed by atoms with Crippen molar-refractivity contribution in [3.05, 3.63) is 70.4 Å². The van der Waals surface area contributed by atoms with Gasteiger partial charge in [-0.25, -0.2) is 9.38 Å². The minimum Gasteiger partial charge on any atom is -0.497 e. The topological polar surface area (TPSA) is 40.1 Å². The van der Waals surface area contributed by atoms with E-state index in [1.807, 2.05) is 12.1 Å². The molecule has 2 aliphatic heterocycles. The van der Waals surface area contributed by atoms with Crippen molar-refractivity contribution in [3.63, 3.8) is 0 Å². The maximum Gasteiger partial charge on any atom is 0.139 e. The third-order valence-corrected chi connectivity index (χ3v) is 7.50. The SMILES string of the molecule is COc1ccc(CC[C@H]2CN(C3=Nc4cc(F)ccc4Nc4sc(C)cc43)CCN2C)cc1.Cl. The van der Waals surface area contributed by atoms with Crippen molar-refractivity contribution in [1.29, 1.82) is 0 Å². The van der Waals surface area contributed by atoms with Gasteiger partial charge in [0.15, 0.2) is 0 Å². The number of rotatable bonds is 4. The van der Waals surface area contributed by atoms with Crippen molar-refractivity contribution in [3.8, 4) is 5.75 Å². The van der Waals surface area contributed by atoms with Crippen LogP contribution >= 0.6 is 23.7 Å². The van der Waals surface area contributed by atoms with Crippen LogP contribution in [0.25, 0.3) is 0 Å². The van der Waals surface area contributed by atoms with E-state index < -0.39 is 0 Å². The van der Waals surface area contributed by atoms with Crippen molar-refractivity contribution in [1.82, 2.24) is 9.80 Å². The molecule has 3 aromatic rings. The molecule has 0 saturated carbocycles. The average molecular weight is 501 g/mol. The van der Waals surface area contributed by atoms with Gasteiger partial charge in [-0.1, -0.05) is 12.1 Å². The largest absolute Gasteiger partial charge is 0.497 e. The van der Waals surface area contributed by atoms with Crippen molar-refractivity contribution < 1.29 is 9.13 Å². The Morgan fingerprint density at radius 1 is 1.15 bits per heavy atom. The Balaban J connectivity index is 0.00000274. The highest BCUT2D eigenvalue weighted by Gasteiger charge is 2.30. The van der Waals surface area contributed by atoms with Gasteiger partial charge in [0.1, 0.15) is 22.4 Å². The molecular weight excluding hydrogens is 471 g/mol. The number of methoxy groups -OCH3 is 1. The van der Waals surface area contributed by atoms with E-state index in [2.05, 4.69) is 47.3 Å². The number of hydrogen-bond donors (Lipinski definition) is 1. The van der Waals surface area contributed by atoms with E-state index in [0.29, 0.717) is 11.7 Å². The number of aliphatic imine (C=N–C) groups is 1. The lowest BCUT2D eigenvalue weighted by Gasteiger charge is -2.41. The molecular formula is C26H30ClFN4OS. The van der Waals surface area contributed by atoms with Crippen molar-refractivity contribution >= 4 is 46.0 Å². The molecule has 1 fully saturated rings. The summed E-state index contributed by atoms with van der Waals surface area (Å²) < 4.78 is 19.3. The number of thiophene rings is 1. The third-order valence-electron chi connectivity index (χ3n) is 6.53. The number of amidine groups is 1. The molecule has 0 spiro atoms. The maximum absolute atomic E-state index is 14.0. The summed E-state index contributed by atoms with van der Waals surface area (Å²) in [5, 5.41) is 4.56. The Morgan fingerprint density at radius 2 is 1.94 bits per heavy atom. The van der Waals surface area contributed by atoms with Gasteiger partial charge in [-0.2, -0.15) is 0 Å². The number of nitrogens with one attached hydrogen (secondary N) is 1. The zero-order chi connectivity index (χ0) is 22.9. The van der Waals surface area contributed by atoms with Gasteiger partial charge in [0.05, 0.1) is 24.0 Å². The summed E-state index contributed by atoms with van der Waals surface area (Å²) in [7, 11) is 3.90. The second-order valence-electron chi connectivity index (χ2n) is 8.79.